The summed E-state index contributed by atoms with van der Waals surface area (Å²) in [5, 5.41) is 0. The highest BCUT2D eigenvalue weighted by Crippen LogP contribution is 2.33. The molecule has 0 radical (unpaired) electrons. The van der Waals surface area contributed by atoms with Gasteiger partial charge in [0.2, 0.25) is 0 Å². The third-order valence-corrected chi connectivity index (χ3v) is 4.80. The Morgan fingerprint density at radius 3 is 2.47 bits per heavy atom. The van der Waals surface area contributed by atoms with Crippen molar-refractivity contribution in [3.05, 3.63) is 107 Å². The minimum atomic E-state index is -0.378. The molecule has 0 aliphatic carbocycles. The van der Waals surface area contributed by atoms with Gasteiger partial charge < -0.3 is 14.2 Å². The Morgan fingerprint density at radius 1 is 0.967 bits per heavy atom. The number of carbonyl (C=O) groups excluding carboxylic acids is 1. The van der Waals surface area contributed by atoms with Crippen LogP contribution in [0.4, 0.5) is 0 Å². The molecule has 0 N–H and O–H groups in total. The monoisotopic (exact) mass is 398 g/mol. The van der Waals surface area contributed by atoms with Crippen molar-refractivity contribution in [3.8, 4) is 11.5 Å². The normalized spacial score (nSPS) is 14.4. The quantitative estimate of drug-likeness (QED) is 0.403. The van der Waals surface area contributed by atoms with Crippen LogP contribution in [-0.4, -0.2) is 13.1 Å². The van der Waals surface area contributed by atoms with Crippen LogP contribution in [0, 0.1) is 6.92 Å². The number of hydrogen-bond donors (Lipinski definition) is 0. The van der Waals surface area contributed by atoms with E-state index in [2.05, 4.69) is 0 Å². The van der Waals surface area contributed by atoms with Crippen LogP contribution >= 0.6 is 0 Å². The lowest BCUT2D eigenvalue weighted by Gasteiger charge is -2.09. The van der Waals surface area contributed by atoms with Crippen LogP contribution in [0.2, 0.25) is 0 Å². The summed E-state index contributed by atoms with van der Waals surface area (Å²) in [7, 11) is 1.60. The standard InChI is InChI=1S/C26H22O4/c1-18-8-13-23(24(14-18)28-2)25-16-21(26(27)30-25)15-19-9-11-22(12-10-19)29-17-20-6-4-3-5-7-20/h3-16H,17H2,1-2H3/b21-15-. The molecule has 0 unspecified atom stereocenters. The minimum absolute atomic E-state index is 0.378. The van der Waals surface area contributed by atoms with E-state index in [-0.39, 0.29) is 5.97 Å². The van der Waals surface area contributed by atoms with E-state index in [0.29, 0.717) is 23.7 Å². The number of benzene rings is 3. The lowest BCUT2D eigenvalue weighted by atomic mass is 10.1. The van der Waals surface area contributed by atoms with Crippen molar-refractivity contribution in [2.75, 3.05) is 7.11 Å². The molecule has 3 aromatic carbocycles. The highest BCUT2D eigenvalue weighted by Gasteiger charge is 2.24. The number of esters is 1. The van der Waals surface area contributed by atoms with Gasteiger partial charge in [-0.15, -0.1) is 0 Å². The number of ether oxygens (including phenoxy) is 3. The van der Waals surface area contributed by atoms with Gasteiger partial charge in [0.1, 0.15) is 23.9 Å². The fraction of sp³-hybridized carbons (Fsp3) is 0.115. The zero-order valence-corrected chi connectivity index (χ0v) is 16.9. The summed E-state index contributed by atoms with van der Waals surface area (Å²) in [6.45, 7) is 2.50. The van der Waals surface area contributed by atoms with Gasteiger partial charge in [0.05, 0.1) is 18.2 Å². The van der Waals surface area contributed by atoms with E-state index in [9.17, 15) is 4.79 Å². The molecule has 0 saturated heterocycles. The van der Waals surface area contributed by atoms with E-state index in [4.69, 9.17) is 14.2 Å². The Balaban J connectivity index is 1.49. The molecular weight excluding hydrogens is 376 g/mol. The highest BCUT2D eigenvalue weighted by atomic mass is 16.5. The van der Waals surface area contributed by atoms with Crippen LogP contribution < -0.4 is 9.47 Å². The third-order valence-electron chi connectivity index (χ3n) is 4.80. The molecule has 4 rings (SSSR count). The predicted molar refractivity (Wildman–Crippen MR) is 117 cm³/mol. The van der Waals surface area contributed by atoms with Gasteiger partial charge in [0.15, 0.2) is 0 Å². The molecule has 1 heterocycles. The van der Waals surface area contributed by atoms with Gasteiger partial charge in [-0.2, -0.15) is 0 Å². The summed E-state index contributed by atoms with van der Waals surface area (Å²) in [5.74, 6) is 1.56. The molecule has 3 aromatic rings. The number of carbonyl (C=O) groups is 1. The molecule has 30 heavy (non-hydrogen) atoms. The first-order chi connectivity index (χ1) is 14.6. The molecule has 0 atom stereocenters. The maximum absolute atomic E-state index is 12.3. The molecule has 150 valence electrons. The SMILES string of the molecule is COc1cc(C)ccc1C1=C/C(=C/c2ccc(OCc3ccccc3)cc2)C(=O)O1. The first kappa shape index (κ1) is 19.5. The molecule has 0 amide bonds. The molecule has 0 spiro atoms. The summed E-state index contributed by atoms with van der Waals surface area (Å²) in [4.78, 5) is 12.3. The molecule has 0 saturated carbocycles. The number of hydrogen-bond acceptors (Lipinski definition) is 4. The van der Waals surface area contributed by atoms with Crippen LogP contribution in [0.5, 0.6) is 11.5 Å². The summed E-state index contributed by atoms with van der Waals surface area (Å²) >= 11 is 0. The van der Waals surface area contributed by atoms with Crippen molar-refractivity contribution in [3.63, 3.8) is 0 Å². The van der Waals surface area contributed by atoms with Gasteiger partial charge in [-0.05, 0) is 60.0 Å². The van der Waals surface area contributed by atoms with E-state index < -0.39 is 0 Å². The zero-order chi connectivity index (χ0) is 20.9. The zero-order valence-electron chi connectivity index (χ0n) is 16.9. The Hall–Kier alpha value is -3.79. The van der Waals surface area contributed by atoms with Crippen LogP contribution in [0.25, 0.3) is 11.8 Å². The summed E-state index contributed by atoms with van der Waals surface area (Å²) in [5.41, 5.74) is 4.32. The Kier molecular flexibility index (Phi) is 5.66. The fourth-order valence-electron chi connectivity index (χ4n) is 3.20. The lowest BCUT2D eigenvalue weighted by Crippen LogP contribution is -1.98. The third kappa shape index (κ3) is 4.44. The first-order valence-electron chi connectivity index (χ1n) is 9.70. The van der Waals surface area contributed by atoms with Crippen molar-refractivity contribution in [1.82, 2.24) is 0 Å². The van der Waals surface area contributed by atoms with E-state index in [1.54, 1.807) is 19.3 Å². The summed E-state index contributed by atoms with van der Waals surface area (Å²) in [6.07, 6.45) is 3.55. The van der Waals surface area contributed by atoms with Gasteiger partial charge in [-0.25, -0.2) is 4.79 Å². The van der Waals surface area contributed by atoms with Crippen molar-refractivity contribution < 1.29 is 19.0 Å². The second kappa shape index (κ2) is 8.70. The number of methoxy groups -OCH3 is 1. The smallest absolute Gasteiger partial charge is 0.343 e. The largest absolute Gasteiger partial charge is 0.496 e. The molecule has 1 aliphatic heterocycles. The maximum Gasteiger partial charge on any atom is 0.343 e. The Labute approximate surface area is 176 Å². The molecule has 4 nitrogen and oxygen atoms in total. The van der Waals surface area contributed by atoms with Crippen molar-refractivity contribution in [2.24, 2.45) is 0 Å². The second-order valence-electron chi connectivity index (χ2n) is 7.04. The van der Waals surface area contributed by atoms with Gasteiger partial charge in [0, 0.05) is 0 Å². The molecule has 0 fully saturated rings. The average Bonchev–Trinajstić information content (AvgIpc) is 3.13. The molecular formula is C26H22O4. The number of aryl methyl sites for hydroxylation is 1. The Morgan fingerprint density at radius 2 is 1.73 bits per heavy atom. The maximum atomic E-state index is 12.3. The van der Waals surface area contributed by atoms with Gasteiger partial charge >= 0.3 is 5.97 Å². The topological polar surface area (TPSA) is 44.8 Å². The van der Waals surface area contributed by atoms with Crippen LogP contribution in [-0.2, 0) is 16.1 Å². The minimum Gasteiger partial charge on any atom is -0.496 e. The molecule has 0 bridgehead atoms. The summed E-state index contributed by atoms with van der Waals surface area (Å²) < 4.78 is 16.7. The summed E-state index contributed by atoms with van der Waals surface area (Å²) in [6, 6.07) is 23.4. The van der Waals surface area contributed by atoms with E-state index in [0.717, 1.165) is 28.0 Å². The van der Waals surface area contributed by atoms with E-state index >= 15 is 0 Å². The first-order valence-corrected chi connectivity index (χ1v) is 9.70. The van der Waals surface area contributed by atoms with Crippen molar-refractivity contribution >= 4 is 17.8 Å². The number of cyclic esters (lactones) is 1. The highest BCUT2D eigenvalue weighted by molar-refractivity contribution is 6.05. The Bertz CT molecular complexity index is 1110. The average molecular weight is 398 g/mol. The lowest BCUT2D eigenvalue weighted by molar-refractivity contribution is -0.130. The van der Waals surface area contributed by atoms with Gasteiger partial charge in [-0.1, -0.05) is 48.5 Å². The number of rotatable bonds is 6. The van der Waals surface area contributed by atoms with Gasteiger partial charge in [0.25, 0.3) is 0 Å². The van der Waals surface area contributed by atoms with Crippen LogP contribution in [0.15, 0.2) is 84.4 Å². The van der Waals surface area contributed by atoms with Gasteiger partial charge in [-0.3, -0.25) is 0 Å². The fourth-order valence-corrected chi connectivity index (χ4v) is 3.20. The second-order valence-corrected chi connectivity index (χ2v) is 7.04. The molecule has 1 aliphatic rings. The van der Waals surface area contributed by atoms with Crippen LogP contribution in [0.3, 0.4) is 0 Å². The van der Waals surface area contributed by atoms with Crippen molar-refractivity contribution in [2.45, 2.75) is 13.5 Å². The molecule has 4 heteroatoms. The van der Waals surface area contributed by atoms with E-state index in [1.165, 1.54) is 0 Å². The van der Waals surface area contributed by atoms with E-state index in [1.807, 2.05) is 79.7 Å². The predicted octanol–water partition coefficient (Wildman–Crippen LogP) is 5.56. The van der Waals surface area contributed by atoms with Crippen LogP contribution in [0.1, 0.15) is 22.3 Å². The van der Waals surface area contributed by atoms with Crippen molar-refractivity contribution in [1.29, 1.82) is 0 Å². The molecule has 0 aromatic heterocycles.